The predicted molar refractivity (Wildman–Crippen MR) is 116 cm³/mol. The van der Waals surface area contributed by atoms with Gasteiger partial charge in [0.1, 0.15) is 11.5 Å². The molecule has 4 heterocycles. The molecule has 2 amide bonds. The lowest BCUT2D eigenvalue weighted by Crippen LogP contribution is -2.49. The van der Waals surface area contributed by atoms with Gasteiger partial charge in [-0.05, 0) is 60.9 Å². The van der Waals surface area contributed by atoms with Crippen molar-refractivity contribution in [2.24, 2.45) is 5.92 Å². The van der Waals surface area contributed by atoms with Crippen molar-refractivity contribution in [2.75, 3.05) is 18.4 Å². The van der Waals surface area contributed by atoms with E-state index in [0.29, 0.717) is 25.2 Å². The molecule has 5 rings (SSSR count). The Hall–Kier alpha value is -3.81. The number of halogens is 1. The summed E-state index contributed by atoms with van der Waals surface area (Å²) in [6, 6.07) is 12.1. The van der Waals surface area contributed by atoms with E-state index in [2.05, 4.69) is 10.3 Å². The lowest BCUT2D eigenvalue weighted by atomic mass is 9.83. The van der Waals surface area contributed by atoms with Crippen LogP contribution < -0.4 is 10.9 Å². The first-order valence-corrected chi connectivity index (χ1v) is 10.5. The third kappa shape index (κ3) is 3.68. The summed E-state index contributed by atoms with van der Waals surface area (Å²) < 4.78 is 14.8. The molecule has 7 nitrogen and oxygen atoms in total. The van der Waals surface area contributed by atoms with Gasteiger partial charge in [-0.25, -0.2) is 4.39 Å². The highest BCUT2D eigenvalue weighted by molar-refractivity contribution is 6.04. The van der Waals surface area contributed by atoms with E-state index in [1.165, 1.54) is 24.3 Å². The van der Waals surface area contributed by atoms with E-state index in [1.807, 2.05) is 11.0 Å². The Kier molecular flexibility index (Phi) is 5.05. The van der Waals surface area contributed by atoms with E-state index < -0.39 is 11.7 Å². The van der Waals surface area contributed by atoms with Crippen LogP contribution in [0.2, 0.25) is 0 Å². The van der Waals surface area contributed by atoms with Crippen LogP contribution in [-0.2, 0) is 6.54 Å². The van der Waals surface area contributed by atoms with Crippen LogP contribution in [0, 0.1) is 11.7 Å². The maximum atomic E-state index is 13.1. The van der Waals surface area contributed by atoms with Crippen molar-refractivity contribution < 1.29 is 14.0 Å². The average Bonchev–Trinajstić information content (AvgIpc) is 2.81. The van der Waals surface area contributed by atoms with Crippen molar-refractivity contribution in [1.29, 1.82) is 0 Å². The third-order valence-electron chi connectivity index (χ3n) is 6.15. The molecular formula is C24H21FN4O3. The van der Waals surface area contributed by atoms with Gasteiger partial charge in [-0.2, -0.15) is 0 Å². The molecule has 2 bridgehead atoms. The summed E-state index contributed by atoms with van der Waals surface area (Å²) in [5.74, 6) is -0.739. The van der Waals surface area contributed by atoms with Crippen LogP contribution in [-0.4, -0.2) is 39.4 Å². The van der Waals surface area contributed by atoms with E-state index in [-0.39, 0.29) is 34.6 Å². The minimum atomic E-state index is -0.466. The highest BCUT2D eigenvalue weighted by Gasteiger charge is 2.37. The number of carbonyl (C=O) groups is 2. The lowest BCUT2D eigenvalue weighted by Gasteiger charge is -2.42. The molecule has 2 unspecified atom stereocenters. The van der Waals surface area contributed by atoms with Crippen LogP contribution in [0.25, 0.3) is 0 Å². The number of hydrogen-bond donors (Lipinski definition) is 1. The molecule has 2 atom stereocenters. The number of aromatic nitrogens is 2. The Bertz CT molecular complexity index is 1240. The molecule has 1 aromatic carbocycles. The molecule has 2 aliphatic heterocycles. The number of pyridine rings is 2. The molecule has 1 N–H and O–H groups in total. The zero-order chi connectivity index (χ0) is 22.2. The number of rotatable bonds is 3. The highest BCUT2D eigenvalue weighted by atomic mass is 19.1. The molecule has 1 saturated heterocycles. The molecule has 1 fully saturated rings. The molecule has 0 aliphatic carbocycles. The van der Waals surface area contributed by atoms with Gasteiger partial charge in [0.2, 0.25) is 0 Å². The second-order valence-electron chi connectivity index (χ2n) is 8.30. The Balaban J connectivity index is 1.37. The summed E-state index contributed by atoms with van der Waals surface area (Å²) in [6.45, 7) is 1.59. The molecule has 8 heteroatoms. The first kappa shape index (κ1) is 20.1. The van der Waals surface area contributed by atoms with Gasteiger partial charge in [0.25, 0.3) is 17.4 Å². The fourth-order valence-electron chi connectivity index (χ4n) is 4.67. The third-order valence-corrected chi connectivity index (χ3v) is 6.15. The first-order valence-electron chi connectivity index (χ1n) is 10.5. The van der Waals surface area contributed by atoms with Crippen LogP contribution >= 0.6 is 0 Å². The average molecular weight is 432 g/mol. The summed E-state index contributed by atoms with van der Waals surface area (Å²) in [6.07, 6.45) is 4.12. The van der Waals surface area contributed by atoms with Gasteiger partial charge in [0, 0.05) is 49.2 Å². The van der Waals surface area contributed by atoms with Crippen molar-refractivity contribution >= 4 is 17.5 Å². The standard InChI is InChI=1S/C24H21FN4O3/c25-19-5-3-16(4-6-19)22(30)27-20-7-8-21-18-10-15(13-29(21)24(20)32)12-28(14-18)23(31)17-2-1-9-26-11-17/h1-9,11,15,18H,10,12-14H2,(H,27,30). The molecule has 0 spiro atoms. The molecule has 162 valence electrons. The van der Waals surface area contributed by atoms with Gasteiger partial charge < -0.3 is 14.8 Å². The number of hydrogen-bond acceptors (Lipinski definition) is 4. The number of nitrogens with zero attached hydrogens (tertiary/aromatic N) is 3. The second kappa shape index (κ2) is 8.03. The van der Waals surface area contributed by atoms with E-state index in [9.17, 15) is 18.8 Å². The van der Waals surface area contributed by atoms with Crippen LogP contribution in [0.1, 0.15) is 38.7 Å². The van der Waals surface area contributed by atoms with Gasteiger partial charge >= 0.3 is 0 Å². The van der Waals surface area contributed by atoms with E-state index in [4.69, 9.17) is 0 Å². The minimum Gasteiger partial charge on any atom is -0.338 e. The molecular weight excluding hydrogens is 411 g/mol. The van der Waals surface area contributed by atoms with Gasteiger partial charge in [0.15, 0.2) is 0 Å². The summed E-state index contributed by atoms with van der Waals surface area (Å²) in [7, 11) is 0. The number of fused-ring (bicyclic) bond motifs is 4. The van der Waals surface area contributed by atoms with Crippen LogP contribution in [0.5, 0.6) is 0 Å². The Morgan fingerprint density at radius 1 is 1.00 bits per heavy atom. The van der Waals surface area contributed by atoms with Gasteiger partial charge in [-0.1, -0.05) is 0 Å². The summed E-state index contributed by atoms with van der Waals surface area (Å²) in [5.41, 5.74) is 1.62. The van der Waals surface area contributed by atoms with Gasteiger partial charge in [0.05, 0.1) is 5.56 Å². The number of piperidine rings is 1. The van der Waals surface area contributed by atoms with Crippen LogP contribution in [0.4, 0.5) is 10.1 Å². The van der Waals surface area contributed by atoms with Crippen molar-refractivity contribution in [2.45, 2.75) is 18.9 Å². The van der Waals surface area contributed by atoms with Gasteiger partial charge in [-0.15, -0.1) is 0 Å². The SMILES string of the molecule is O=C(Nc1ccc2n(c1=O)CC1CC2CN(C(=O)c2cccnc2)C1)c1ccc(F)cc1. The number of nitrogens with one attached hydrogen (secondary N) is 1. The van der Waals surface area contributed by atoms with Crippen LogP contribution in [0.15, 0.2) is 65.7 Å². The summed E-state index contributed by atoms with van der Waals surface area (Å²) >= 11 is 0. The maximum absolute atomic E-state index is 13.1. The van der Waals surface area contributed by atoms with E-state index >= 15 is 0 Å². The summed E-state index contributed by atoms with van der Waals surface area (Å²) in [5, 5.41) is 2.64. The molecule has 3 aromatic rings. The quantitative estimate of drug-likeness (QED) is 0.690. The number of benzene rings is 1. The minimum absolute atomic E-state index is 0.0493. The van der Waals surface area contributed by atoms with E-state index in [1.54, 1.807) is 35.2 Å². The van der Waals surface area contributed by atoms with Crippen molar-refractivity contribution in [1.82, 2.24) is 14.5 Å². The zero-order valence-electron chi connectivity index (χ0n) is 17.2. The topological polar surface area (TPSA) is 84.3 Å². The molecule has 32 heavy (non-hydrogen) atoms. The number of carbonyl (C=O) groups excluding carboxylic acids is 2. The molecule has 2 aromatic heterocycles. The van der Waals surface area contributed by atoms with Crippen molar-refractivity contribution in [3.8, 4) is 0 Å². The monoisotopic (exact) mass is 432 g/mol. The number of anilines is 1. The summed E-state index contributed by atoms with van der Waals surface area (Å²) in [4.78, 5) is 44.3. The predicted octanol–water partition coefficient (Wildman–Crippen LogP) is 2.89. The Morgan fingerprint density at radius 2 is 1.81 bits per heavy atom. The first-order chi connectivity index (χ1) is 15.5. The second-order valence-corrected chi connectivity index (χ2v) is 8.30. The fraction of sp³-hybridized carbons (Fsp3) is 0.250. The normalized spacial score (nSPS) is 19.2. The molecule has 0 saturated carbocycles. The Morgan fingerprint density at radius 3 is 2.56 bits per heavy atom. The van der Waals surface area contributed by atoms with Gasteiger partial charge in [-0.3, -0.25) is 19.4 Å². The zero-order valence-corrected chi connectivity index (χ0v) is 17.2. The maximum Gasteiger partial charge on any atom is 0.274 e. The van der Waals surface area contributed by atoms with Crippen molar-refractivity contribution in [3.63, 3.8) is 0 Å². The fourth-order valence-corrected chi connectivity index (χ4v) is 4.67. The molecule has 2 aliphatic rings. The van der Waals surface area contributed by atoms with E-state index in [0.717, 1.165) is 12.1 Å². The van der Waals surface area contributed by atoms with Crippen molar-refractivity contribution in [3.05, 3.63) is 93.9 Å². The number of likely N-dealkylation sites (tertiary alicyclic amines) is 1. The highest BCUT2D eigenvalue weighted by Crippen LogP contribution is 2.36. The largest absolute Gasteiger partial charge is 0.338 e. The lowest BCUT2D eigenvalue weighted by molar-refractivity contribution is 0.0594. The smallest absolute Gasteiger partial charge is 0.274 e. The number of amides is 2. The molecule has 0 radical (unpaired) electrons. The Labute approximate surface area is 183 Å². The van der Waals surface area contributed by atoms with Crippen LogP contribution in [0.3, 0.4) is 0 Å².